The van der Waals surface area contributed by atoms with Gasteiger partial charge in [0.15, 0.2) is 0 Å². The van der Waals surface area contributed by atoms with E-state index in [0.29, 0.717) is 5.56 Å². The Labute approximate surface area is 85.7 Å². The molecule has 0 bridgehead atoms. The second-order valence-corrected chi connectivity index (χ2v) is 3.24. The third kappa shape index (κ3) is 1.96. The van der Waals surface area contributed by atoms with Crippen LogP contribution < -0.4 is 5.32 Å². The highest BCUT2D eigenvalue weighted by atomic mass is 19.1. The quantitative estimate of drug-likeness (QED) is 0.676. The predicted molar refractivity (Wildman–Crippen MR) is 49.3 cm³/mol. The summed E-state index contributed by atoms with van der Waals surface area (Å²) in [5, 5.41) is 3.22. The van der Waals surface area contributed by atoms with Gasteiger partial charge in [0.05, 0.1) is 6.54 Å². The van der Waals surface area contributed by atoms with Crippen LogP contribution in [0.3, 0.4) is 0 Å². The summed E-state index contributed by atoms with van der Waals surface area (Å²) in [5.41, 5.74) is 0.385. The molecule has 3 amide bonds. The molecule has 0 unspecified atom stereocenters. The smallest absolute Gasteiger partial charge is 0.309 e. The summed E-state index contributed by atoms with van der Waals surface area (Å²) >= 11 is 0. The Morgan fingerprint density at radius 3 is 2.67 bits per heavy atom. The number of halogens is 1. The summed E-state index contributed by atoms with van der Waals surface area (Å²) in [6, 6.07) is 5.54. The van der Waals surface area contributed by atoms with E-state index in [1.165, 1.54) is 11.0 Å². The van der Waals surface area contributed by atoms with Gasteiger partial charge in [-0.15, -0.1) is 0 Å². The number of amides is 3. The zero-order valence-corrected chi connectivity index (χ0v) is 7.81. The topological polar surface area (TPSA) is 51.5 Å². The second kappa shape index (κ2) is 3.68. The number of hydrogen-bond donors (Lipinski definition) is 0. The van der Waals surface area contributed by atoms with E-state index < -0.39 is 11.9 Å². The SMILES string of the molecule is O=C1CN(Cc2ccccc2F)C(=O)[N]1. The molecule has 1 aromatic carbocycles. The van der Waals surface area contributed by atoms with E-state index >= 15 is 0 Å². The summed E-state index contributed by atoms with van der Waals surface area (Å²) < 4.78 is 13.2. The van der Waals surface area contributed by atoms with Crippen molar-refractivity contribution in [2.24, 2.45) is 0 Å². The van der Waals surface area contributed by atoms with Crippen LogP contribution in [-0.4, -0.2) is 23.4 Å². The first kappa shape index (κ1) is 9.64. The Bertz CT molecular complexity index is 420. The van der Waals surface area contributed by atoms with Crippen molar-refractivity contribution in [1.82, 2.24) is 10.2 Å². The van der Waals surface area contributed by atoms with Gasteiger partial charge >= 0.3 is 6.03 Å². The van der Waals surface area contributed by atoms with E-state index in [0.717, 1.165) is 0 Å². The Kier molecular flexibility index (Phi) is 2.37. The third-order valence-corrected chi connectivity index (χ3v) is 2.14. The molecule has 1 heterocycles. The Balaban J connectivity index is 2.13. The van der Waals surface area contributed by atoms with Crippen molar-refractivity contribution in [3.8, 4) is 0 Å². The highest BCUT2D eigenvalue weighted by molar-refractivity contribution is 6.01. The molecule has 2 rings (SSSR count). The van der Waals surface area contributed by atoms with Gasteiger partial charge in [-0.25, -0.2) is 9.18 Å². The zero-order valence-electron chi connectivity index (χ0n) is 7.81. The number of nitrogens with zero attached hydrogens (tertiary/aromatic N) is 2. The molecule has 0 atom stereocenters. The maximum atomic E-state index is 13.2. The fourth-order valence-corrected chi connectivity index (χ4v) is 1.40. The fraction of sp³-hybridized carbons (Fsp3) is 0.200. The van der Waals surface area contributed by atoms with Crippen molar-refractivity contribution in [3.05, 3.63) is 35.6 Å². The van der Waals surface area contributed by atoms with E-state index in [9.17, 15) is 14.0 Å². The van der Waals surface area contributed by atoms with E-state index in [1.807, 2.05) is 0 Å². The minimum Gasteiger partial charge on any atom is -0.309 e. The minimum atomic E-state index is -0.594. The van der Waals surface area contributed by atoms with Crippen LogP contribution in [0.5, 0.6) is 0 Å². The lowest BCUT2D eigenvalue weighted by Crippen LogP contribution is -2.25. The first-order chi connectivity index (χ1) is 7.16. The average Bonchev–Trinajstić information content (AvgIpc) is 2.49. The zero-order chi connectivity index (χ0) is 10.8. The maximum Gasteiger partial charge on any atom is 0.347 e. The van der Waals surface area contributed by atoms with Crippen LogP contribution in [0.1, 0.15) is 5.56 Å². The maximum absolute atomic E-state index is 13.2. The Morgan fingerprint density at radius 2 is 2.07 bits per heavy atom. The number of benzene rings is 1. The van der Waals surface area contributed by atoms with Crippen LogP contribution in [-0.2, 0) is 11.3 Å². The summed E-state index contributed by atoms with van der Waals surface area (Å²) in [7, 11) is 0. The van der Waals surface area contributed by atoms with Gasteiger partial charge in [-0.1, -0.05) is 18.2 Å². The number of imide groups is 1. The summed E-state index contributed by atoms with van der Waals surface area (Å²) in [4.78, 5) is 23.1. The van der Waals surface area contributed by atoms with Crippen LogP contribution >= 0.6 is 0 Å². The van der Waals surface area contributed by atoms with Gasteiger partial charge in [0.1, 0.15) is 12.4 Å². The Hall–Kier alpha value is -1.91. The number of urea groups is 1. The van der Waals surface area contributed by atoms with E-state index in [2.05, 4.69) is 5.32 Å². The second-order valence-electron chi connectivity index (χ2n) is 3.24. The predicted octanol–water partition coefficient (Wildman–Crippen LogP) is 0.892. The van der Waals surface area contributed by atoms with Crippen LogP contribution in [0.4, 0.5) is 9.18 Å². The van der Waals surface area contributed by atoms with E-state index in [-0.39, 0.29) is 18.9 Å². The largest absolute Gasteiger partial charge is 0.347 e. The molecule has 0 spiro atoms. The molecule has 1 aromatic rings. The molecule has 77 valence electrons. The van der Waals surface area contributed by atoms with Gasteiger partial charge < -0.3 is 4.90 Å². The van der Waals surface area contributed by atoms with Crippen molar-refractivity contribution >= 4 is 11.9 Å². The molecule has 1 aliphatic heterocycles. The minimum absolute atomic E-state index is 0.0623. The van der Waals surface area contributed by atoms with Crippen LogP contribution in [0.15, 0.2) is 24.3 Å². The number of rotatable bonds is 2. The van der Waals surface area contributed by atoms with Crippen molar-refractivity contribution in [2.45, 2.75) is 6.54 Å². The summed E-state index contributed by atoms with van der Waals surface area (Å²) in [5.74, 6) is -0.860. The van der Waals surface area contributed by atoms with Gasteiger partial charge in [0.2, 0.25) is 0 Å². The third-order valence-electron chi connectivity index (χ3n) is 2.14. The molecular formula is C10H8FN2O2. The highest BCUT2D eigenvalue weighted by Crippen LogP contribution is 2.12. The van der Waals surface area contributed by atoms with Crippen LogP contribution in [0.2, 0.25) is 0 Å². The first-order valence-electron chi connectivity index (χ1n) is 4.43. The number of carbonyl (C=O) groups excluding carboxylic acids is 2. The molecule has 1 saturated heterocycles. The van der Waals surface area contributed by atoms with Crippen molar-refractivity contribution in [3.63, 3.8) is 0 Å². The molecule has 0 N–H and O–H groups in total. The normalized spacial score (nSPS) is 15.7. The molecule has 0 saturated carbocycles. The molecule has 1 radical (unpaired) electrons. The summed E-state index contributed by atoms with van der Waals surface area (Å²) in [6.45, 7) is 0.0217. The molecular weight excluding hydrogens is 199 g/mol. The molecule has 15 heavy (non-hydrogen) atoms. The number of hydrogen-bond acceptors (Lipinski definition) is 2. The molecule has 1 aliphatic rings. The lowest BCUT2D eigenvalue weighted by Gasteiger charge is -2.12. The standard InChI is InChI=1S/C10H8FN2O2/c11-8-4-2-1-3-7(8)5-13-6-9(14)12-10(13)15/h1-4H,5-6H2. The van der Waals surface area contributed by atoms with Crippen molar-refractivity contribution in [1.29, 1.82) is 0 Å². The van der Waals surface area contributed by atoms with Crippen LogP contribution in [0.25, 0.3) is 0 Å². The van der Waals surface area contributed by atoms with Gasteiger partial charge in [0.25, 0.3) is 5.91 Å². The lowest BCUT2D eigenvalue weighted by atomic mass is 10.2. The molecule has 5 heteroatoms. The van der Waals surface area contributed by atoms with Gasteiger partial charge in [-0.2, -0.15) is 5.32 Å². The van der Waals surface area contributed by atoms with Gasteiger partial charge in [-0.05, 0) is 6.07 Å². The lowest BCUT2D eigenvalue weighted by molar-refractivity contribution is -0.118. The number of carbonyl (C=O) groups is 2. The fourth-order valence-electron chi connectivity index (χ4n) is 1.40. The van der Waals surface area contributed by atoms with Gasteiger partial charge in [0, 0.05) is 5.56 Å². The average molecular weight is 207 g/mol. The first-order valence-corrected chi connectivity index (χ1v) is 4.43. The molecule has 0 aromatic heterocycles. The van der Waals surface area contributed by atoms with Gasteiger partial charge in [-0.3, -0.25) is 4.79 Å². The molecule has 1 fully saturated rings. The Morgan fingerprint density at radius 1 is 1.33 bits per heavy atom. The molecule has 4 nitrogen and oxygen atoms in total. The van der Waals surface area contributed by atoms with Crippen molar-refractivity contribution < 1.29 is 14.0 Å². The molecule has 0 aliphatic carbocycles. The van der Waals surface area contributed by atoms with E-state index in [1.54, 1.807) is 18.2 Å². The highest BCUT2D eigenvalue weighted by Gasteiger charge is 2.29. The van der Waals surface area contributed by atoms with E-state index in [4.69, 9.17) is 0 Å². The monoisotopic (exact) mass is 207 g/mol. The van der Waals surface area contributed by atoms with Crippen molar-refractivity contribution in [2.75, 3.05) is 6.54 Å². The van der Waals surface area contributed by atoms with Crippen LogP contribution in [0, 0.1) is 5.82 Å². The summed E-state index contributed by atoms with van der Waals surface area (Å²) in [6.07, 6.45) is 0.